The van der Waals surface area contributed by atoms with E-state index in [2.05, 4.69) is 241 Å². The highest BCUT2D eigenvalue weighted by Crippen LogP contribution is 2.66. The molecule has 0 amide bonds. The quantitative estimate of drug-likeness (QED) is 0.172. The lowest BCUT2D eigenvalue weighted by Gasteiger charge is -2.39. The van der Waals surface area contributed by atoms with E-state index < -0.39 is 10.8 Å². The molecule has 0 saturated heterocycles. The van der Waals surface area contributed by atoms with E-state index in [0.29, 0.717) is 0 Å². The highest BCUT2D eigenvalue weighted by Gasteiger charge is 2.53. The second kappa shape index (κ2) is 13.2. The molecule has 0 atom stereocenters. The van der Waals surface area contributed by atoms with Gasteiger partial charge in [0.25, 0.3) is 0 Å². The summed E-state index contributed by atoms with van der Waals surface area (Å²) >= 11 is 0. The van der Waals surface area contributed by atoms with Gasteiger partial charge < -0.3 is 9.32 Å². The van der Waals surface area contributed by atoms with Gasteiger partial charge >= 0.3 is 0 Å². The van der Waals surface area contributed by atoms with Crippen LogP contribution in [0.15, 0.2) is 241 Å². The Labute approximate surface area is 372 Å². The van der Waals surface area contributed by atoms with E-state index in [-0.39, 0.29) is 0 Å². The van der Waals surface area contributed by atoms with Crippen molar-refractivity contribution in [2.75, 3.05) is 4.90 Å². The van der Waals surface area contributed by atoms with E-state index in [4.69, 9.17) is 4.42 Å². The SMILES string of the molecule is c1ccc(N(c2cc3c(cc2C2(c4ccccc4)c4ccccc4-c4ccccc42)oc2ccccc23)c2cccc3c2-c2ccccc2C32c3ccccc3-c3ccccc32)cc1. The van der Waals surface area contributed by atoms with Crippen molar-refractivity contribution in [2.24, 2.45) is 0 Å². The van der Waals surface area contributed by atoms with Gasteiger partial charge in [-0.3, -0.25) is 0 Å². The van der Waals surface area contributed by atoms with Crippen LogP contribution >= 0.6 is 0 Å². The molecule has 0 N–H and O–H groups in total. The third-order valence-electron chi connectivity index (χ3n) is 14.6. The van der Waals surface area contributed by atoms with Gasteiger partial charge in [-0.25, -0.2) is 0 Å². The number of hydrogen-bond acceptors (Lipinski definition) is 2. The first-order valence-electron chi connectivity index (χ1n) is 22.3. The number of hydrogen-bond donors (Lipinski definition) is 0. The van der Waals surface area contributed by atoms with Crippen molar-refractivity contribution in [3.63, 3.8) is 0 Å². The molecule has 2 heteroatoms. The maximum absolute atomic E-state index is 6.89. The number of nitrogens with zero attached hydrogens (tertiary/aromatic N) is 1. The van der Waals surface area contributed by atoms with Crippen LogP contribution in [0.3, 0.4) is 0 Å². The van der Waals surface area contributed by atoms with Crippen LogP contribution < -0.4 is 4.90 Å². The van der Waals surface area contributed by atoms with Gasteiger partial charge in [-0.05, 0) is 109 Å². The Morgan fingerprint density at radius 1 is 0.297 bits per heavy atom. The molecule has 298 valence electrons. The monoisotopic (exact) mass is 813 g/mol. The Morgan fingerprint density at radius 2 is 0.766 bits per heavy atom. The number of fused-ring (bicyclic) bond motifs is 16. The van der Waals surface area contributed by atoms with Gasteiger partial charge in [0, 0.05) is 22.0 Å². The fourth-order valence-electron chi connectivity index (χ4n) is 12.2. The minimum Gasteiger partial charge on any atom is -0.456 e. The summed E-state index contributed by atoms with van der Waals surface area (Å²) in [5.74, 6) is 0. The van der Waals surface area contributed by atoms with Crippen molar-refractivity contribution in [3.8, 4) is 33.4 Å². The molecular weight excluding hydrogens is 775 g/mol. The van der Waals surface area contributed by atoms with Gasteiger partial charge in [-0.1, -0.05) is 200 Å². The van der Waals surface area contributed by atoms with Crippen LogP contribution in [0, 0.1) is 0 Å². The second-order valence-corrected chi connectivity index (χ2v) is 17.4. The number of furan rings is 1. The number of rotatable bonds is 5. The van der Waals surface area contributed by atoms with Gasteiger partial charge in [-0.15, -0.1) is 0 Å². The van der Waals surface area contributed by atoms with Crippen molar-refractivity contribution < 1.29 is 4.42 Å². The Kier molecular flexibility index (Phi) is 7.28. The summed E-state index contributed by atoms with van der Waals surface area (Å²) < 4.78 is 6.89. The molecule has 0 saturated carbocycles. The topological polar surface area (TPSA) is 16.4 Å². The molecular formula is C62H39NO. The van der Waals surface area contributed by atoms with Gasteiger partial charge in [0.15, 0.2) is 0 Å². The molecule has 1 heterocycles. The number of benzene rings is 10. The first kappa shape index (κ1) is 35.4. The van der Waals surface area contributed by atoms with Gasteiger partial charge in [0.2, 0.25) is 0 Å². The number of para-hydroxylation sites is 2. The lowest BCUT2D eigenvalue weighted by Crippen LogP contribution is -2.31. The first-order chi connectivity index (χ1) is 31.8. The van der Waals surface area contributed by atoms with E-state index >= 15 is 0 Å². The molecule has 10 aromatic carbocycles. The fraction of sp³-hybridized carbons (Fsp3) is 0.0323. The Hall–Kier alpha value is -8.20. The Balaban J connectivity index is 1.16. The summed E-state index contributed by atoms with van der Waals surface area (Å²) in [6.45, 7) is 0. The van der Waals surface area contributed by atoms with Crippen molar-refractivity contribution in [1.29, 1.82) is 0 Å². The van der Waals surface area contributed by atoms with Crippen LogP contribution in [0.2, 0.25) is 0 Å². The molecule has 11 aromatic rings. The van der Waals surface area contributed by atoms with E-state index in [1.54, 1.807) is 0 Å². The highest BCUT2D eigenvalue weighted by atomic mass is 16.3. The summed E-state index contributed by atoms with van der Waals surface area (Å²) in [7, 11) is 0. The molecule has 0 aliphatic heterocycles. The number of anilines is 3. The average Bonchev–Trinajstić information content (AvgIpc) is 4.07. The van der Waals surface area contributed by atoms with Crippen molar-refractivity contribution in [1.82, 2.24) is 0 Å². The molecule has 1 spiro atoms. The van der Waals surface area contributed by atoms with E-state index in [0.717, 1.165) is 44.6 Å². The molecule has 2 nitrogen and oxygen atoms in total. The van der Waals surface area contributed by atoms with Gasteiger partial charge in [-0.2, -0.15) is 0 Å². The van der Waals surface area contributed by atoms with Crippen LogP contribution in [-0.2, 0) is 10.8 Å². The third kappa shape index (κ3) is 4.44. The summed E-state index contributed by atoms with van der Waals surface area (Å²) in [6.07, 6.45) is 0. The Bertz CT molecular complexity index is 3600. The Morgan fingerprint density at radius 3 is 1.38 bits per heavy atom. The molecule has 0 bridgehead atoms. The van der Waals surface area contributed by atoms with E-state index in [9.17, 15) is 0 Å². The lowest BCUT2D eigenvalue weighted by atomic mass is 9.67. The largest absolute Gasteiger partial charge is 0.456 e. The van der Waals surface area contributed by atoms with E-state index in [1.807, 2.05) is 0 Å². The smallest absolute Gasteiger partial charge is 0.135 e. The lowest BCUT2D eigenvalue weighted by molar-refractivity contribution is 0.665. The zero-order valence-electron chi connectivity index (χ0n) is 34.9. The zero-order valence-corrected chi connectivity index (χ0v) is 34.9. The highest BCUT2D eigenvalue weighted by molar-refractivity contribution is 6.09. The van der Waals surface area contributed by atoms with Crippen molar-refractivity contribution in [3.05, 3.63) is 281 Å². The minimum absolute atomic E-state index is 0.486. The fourth-order valence-corrected chi connectivity index (χ4v) is 12.2. The standard InChI is InChI=1S/C62H39NO/c1-3-20-40(21-4-1)61(49-30-13-7-24-42(49)43-25-8-14-31-50(43)61)55-39-59-48(46-28-12-18-37-58(46)64-59)38-57(55)63(41-22-5-2-6-23-41)56-36-19-35-54-60(56)47-29-11-17-34-53(47)62(54)51-32-15-9-26-44(51)45-27-10-16-33-52(45)62/h1-39H. The average molecular weight is 814 g/mol. The molecule has 3 aliphatic rings. The molecule has 64 heavy (non-hydrogen) atoms. The maximum atomic E-state index is 6.89. The first-order valence-corrected chi connectivity index (χ1v) is 22.3. The minimum atomic E-state index is -0.704. The normalized spacial score (nSPS) is 14.2. The molecule has 0 unspecified atom stereocenters. The van der Waals surface area contributed by atoms with Crippen molar-refractivity contribution in [2.45, 2.75) is 10.8 Å². The predicted octanol–water partition coefficient (Wildman–Crippen LogP) is 15.8. The summed E-state index contributed by atoms with van der Waals surface area (Å²) in [5.41, 5.74) is 21.6. The molecule has 0 radical (unpaired) electrons. The zero-order chi connectivity index (χ0) is 42.0. The molecule has 1 aromatic heterocycles. The molecule has 0 fully saturated rings. The second-order valence-electron chi connectivity index (χ2n) is 17.4. The van der Waals surface area contributed by atoms with Crippen LogP contribution in [0.4, 0.5) is 17.1 Å². The molecule has 3 aliphatic carbocycles. The van der Waals surface area contributed by atoms with Gasteiger partial charge in [0.05, 0.1) is 22.2 Å². The molecule has 14 rings (SSSR count). The maximum Gasteiger partial charge on any atom is 0.135 e. The summed E-state index contributed by atoms with van der Waals surface area (Å²) in [5, 5.41) is 2.18. The summed E-state index contributed by atoms with van der Waals surface area (Å²) in [6, 6.07) is 87.7. The van der Waals surface area contributed by atoms with Crippen LogP contribution in [0.5, 0.6) is 0 Å². The van der Waals surface area contributed by atoms with Crippen LogP contribution in [-0.4, -0.2) is 0 Å². The van der Waals surface area contributed by atoms with Crippen LogP contribution in [0.25, 0.3) is 55.3 Å². The van der Waals surface area contributed by atoms with Crippen LogP contribution in [0.1, 0.15) is 44.5 Å². The predicted molar refractivity (Wildman–Crippen MR) is 262 cm³/mol. The summed E-state index contributed by atoms with van der Waals surface area (Å²) in [4.78, 5) is 2.56. The van der Waals surface area contributed by atoms with Crippen molar-refractivity contribution >= 4 is 39.0 Å². The van der Waals surface area contributed by atoms with Gasteiger partial charge in [0.1, 0.15) is 11.2 Å². The third-order valence-corrected chi connectivity index (χ3v) is 14.6. The van der Waals surface area contributed by atoms with E-state index in [1.165, 1.54) is 72.3 Å².